The van der Waals surface area contributed by atoms with E-state index < -0.39 is 12.0 Å². The summed E-state index contributed by atoms with van der Waals surface area (Å²) < 4.78 is 12.7. The molecule has 84 valence electrons. The van der Waals surface area contributed by atoms with Crippen LogP contribution in [0, 0.1) is 5.82 Å². The second-order valence-electron chi connectivity index (χ2n) is 3.07. The van der Waals surface area contributed by atoms with Crippen molar-refractivity contribution in [3.63, 3.8) is 0 Å². The summed E-state index contributed by atoms with van der Waals surface area (Å²) >= 11 is 0. The van der Waals surface area contributed by atoms with Gasteiger partial charge < -0.3 is 10.4 Å². The molecule has 0 saturated heterocycles. The minimum Gasteiger partial charge on any atom is -0.480 e. The Morgan fingerprint density at radius 2 is 2.27 bits per heavy atom. The highest BCUT2D eigenvalue weighted by Gasteiger charge is 2.08. The van der Waals surface area contributed by atoms with Gasteiger partial charge in [0.2, 0.25) is 0 Å². The molecule has 0 radical (unpaired) electrons. The summed E-state index contributed by atoms with van der Waals surface area (Å²) in [4.78, 5) is 10.5. The fourth-order valence-corrected chi connectivity index (χ4v) is 1.01. The fourth-order valence-electron chi connectivity index (χ4n) is 1.01. The zero-order valence-corrected chi connectivity index (χ0v) is 9.05. The molecule has 1 aromatic carbocycles. The highest BCUT2D eigenvalue weighted by molar-refractivity contribution is 5.85. The first-order valence-electron chi connectivity index (χ1n) is 4.30. The maximum Gasteiger partial charge on any atom is 0.320 e. The number of rotatable bonds is 4. The molecule has 15 heavy (non-hydrogen) atoms. The first-order chi connectivity index (χ1) is 6.59. The van der Waals surface area contributed by atoms with Gasteiger partial charge in [-0.05, 0) is 24.6 Å². The van der Waals surface area contributed by atoms with Gasteiger partial charge >= 0.3 is 5.97 Å². The Hall–Kier alpha value is -1.13. The second-order valence-corrected chi connectivity index (χ2v) is 3.07. The van der Waals surface area contributed by atoms with Gasteiger partial charge in [-0.1, -0.05) is 12.1 Å². The summed E-state index contributed by atoms with van der Waals surface area (Å²) in [6, 6.07) is 5.44. The molecule has 3 nitrogen and oxygen atoms in total. The lowest BCUT2D eigenvalue weighted by Crippen LogP contribution is -2.33. The fraction of sp³-hybridized carbons (Fsp3) is 0.300. The van der Waals surface area contributed by atoms with E-state index in [2.05, 4.69) is 5.32 Å². The van der Waals surface area contributed by atoms with Crippen LogP contribution in [0.5, 0.6) is 0 Å². The van der Waals surface area contributed by atoms with Gasteiger partial charge in [-0.15, -0.1) is 12.4 Å². The molecular formula is C10H13ClFNO2. The summed E-state index contributed by atoms with van der Waals surface area (Å²) in [6.07, 6.45) is 0. The molecule has 0 aliphatic heterocycles. The number of aliphatic carboxylic acids is 1. The highest BCUT2D eigenvalue weighted by atomic mass is 35.5. The Bertz CT molecular complexity index is 333. The van der Waals surface area contributed by atoms with Crippen molar-refractivity contribution < 1.29 is 14.3 Å². The SMILES string of the molecule is CC(NCc1cccc(F)c1)C(=O)O.Cl. The standard InChI is InChI=1S/C10H12FNO2.ClH/c1-7(10(13)14)12-6-8-3-2-4-9(11)5-8;/h2-5,7,12H,6H2,1H3,(H,13,14);1H. The minimum atomic E-state index is -0.915. The van der Waals surface area contributed by atoms with E-state index in [0.717, 1.165) is 5.56 Å². The van der Waals surface area contributed by atoms with E-state index in [4.69, 9.17) is 5.11 Å². The number of carboxylic acids is 1. The van der Waals surface area contributed by atoms with Crippen LogP contribution in [0.1, 0.15) is 12.5 Å². The Balaban J connectivity index is 0.00000196. The van der Waals surface area contributed by atoms with Gasteiger partial charge in [-0.3, -0.25) is 4.79 Å². The number of carbonyl (C=O) groups is 1. The molecule has 1 unspecified atom stereocenters. The molecule has 1 rings (SSSR count). The van der Waals surface area contributed by atoms with Crippen LogP contribution in [0.15, 0.2) is 24.3 Å². The van der Waals surface area contributed by atoms with Gasteiger partial charge in [0.25, 0.3) is 0 Å². The van der Waals surface area contributed by atoms with E-state index in [1.54, 1.807) is 19.1 Å². The second kappa shape index (κ2) is 6.37. The molecule has 0 bridgehead atoms. The van der Waals surface area contributed by atoms with E-state index in [0.29, 0.717) is 6.54 Å². The highest BCUT2D eigenvalue weighted by Crippen LogP contribution is 2.03. The zero-order chi connectivity index (χ0) is 10.6. The molecule has 0 aliphatic rings. The number of carboxylic acid groups (broad SMARTS) is 1. The molecule has 0 aliphatic carbocycles. The summed E-state index contributed by atoms with van der Waals surface area (Å²) in [7, 11) is 0. The van der Waals surface area contributed by atoms with Crippen molar-refractivity contribution >= 4 is 18.4 Å². The van der Waals surface area contributed by atoms with E-state index in [1.807, 2.05) is 0 Å². The number of hydrogen-bond acceptors (Lipinski definition) is 2. The maximum absolute atomic E-state index is 12.7. The lowest BCUT2D eigenvalue weighted by atomic mass is 10.2. The monoisotopic (exact) mass is 233 g/mol. The number of halogens is 2. The van der Waals surface area contributed by atoms with Crippen LogP contribution >= 0.6 is 12.4 Å². The molecule has 2 N–H and O–H groups in total. The van der Waals surface area contributed by atoms with Crippen LogP contribution in [0.25, 0.3) is 0 Å². The predicted octanol–water partition coefficient (Wildman–Crippen LogP) is 1.81. The Morgan fingerprint density at radius 1 is 1.60 bits per heavy atom. The lowest BCUT2D eigenvalue weighted by Gasteiger charge is -2.08. The average molecular weight is 234 g/mol. The third-order valence-corrected chi connectivity index (χ3v) is 1.87. The van der Waals surface area contributed by atoms with Gasteiger partial charge in [0, 0.05) is 6.54 Å². The van der Waals surface area contributed by atoms with Crippen molar-refractivity contribution in [2.24, 2.45) is 0 Å². The van der Waals surface area contributed by atoms with Crippen LogP contribution in [0.4, 0.5) is 4.39 Å². The molecule has 0 aromatic heterocycles. The largest absolute Gasteiger partial charge is 0.480 e. The summed E-state index contributed by atoms with van der Waals surface area (Å²) in [5.74, 6) is -1.23. The smallest absolute Gasteiger partial charge is 0.320 e. The number of hydrogen-bond donors (Lipinski definition) is 2. The van der Waals surface area contributed by atoms with E-state index >= 15 is 0 Å². The summed E-state index contributed by atoms with van der Waals surface area (Å²) in [5.41, 5.74) is 0.734. The molecular weight excluding hydrogens is 221 g/mol. The van der Waals surface area contributed by atoms with Crippen LogP contribution in [-0.4, -0.2) is 17.1 Å². The molecule has 0 heterocycles. The first kappa shape index (κ1) is 13.9. The van der Waals surface area contributed by atoms with Crippen LogP contribution in [0.2, 0.25) is 0 Å². The number of nitrogens with one attached hydrogen (secondary N) is 1. The average Bonchev–Trinajstić information content (AvgIpc) is 2.14. The van der Waals surface area contributed by atoms with E-state index in [1.165, 1.54) is 12.1 Å². The van der Waals surface area contributed by atoms with Crippen LogP contribution < -0.4 is 5.32 Å². The molecule has 0 amide bonds. The van der Waals surface area contributed by atoms with Crippen LogP contribution in [-0.2, 0) is 11.3 Å². The molecule has 0 fully saturated rings. The lowest BCUT2D eigenvalue weighted by molar-refractivity contribution is -0.139. The van der Waals surface area contributed by atoms with E-state index in [9.17, 15) is 9.18 Å². The van der Waals surface area contributed by atoms with Crippen molar-refractivity contribution in [1.82, 2.24) is 5.32 Å². The molecule has 0 saturated carbocycles. The van der Waals surface area contributed by atoms with Gasteiger partial charge in [0.05, 0.1) is 0 Å². The van der Waals surface area contributed by atoms with Gasteiger partial charge in [-0.25, -0.2) is 4.39 Å². The Morgan fingerprint density at radius 3 is 2.80 bits per heavy atom. The molecule has 0 spiro atoms. The zero-order valence-electron chi connectivity index (χ0n) is 8.24. The predicted molar refractivity (Wildman–Crippen MR) is 57.6 cm³/mol. The van der Waals surface area contributed by atoms with Crippen molar-refractivity contribution in [1.29, 1.82) is 0 Å². The summed E-state index contributed by atoms with van der Waals surface area (Å²) in [5, 5.41) is 11.3. The van der Waals surface area contributed by atoms with E-state index in [-0.39, 0.29) is 18.2 Å². The Kier molecular flexibility index (Phi) is 5.89. The Labute approximate surface area is 93.7 Å². The molecule has 1 aromatic rings. The van der Waals surface area contributed by atoms with Crippen LogP contribution in [0.3, 0.4) is 0 Å². The quantitative estimate of drug-likeness (QED) is 0.834. The normalized spacial score (nSPS) is 11.6. The van der Waals surface area contributed by atoms with Gasteiger partial charge in [0.1, 0.15) is 11.9 Å². The summed E-state index contributed by atoms with van der Waals surface area (Å²) in [6.45, 7) is 1.90. The van der Waals surface area contributed by atoms with Gasteiger partial charge in [0.15, 0.2) is 0 Å². The third-order valence-electron chi connectivity index (χ3n) is 1.87. The minimum absolute atomic E-state index is 0. The van der Waals surface area contributed by atoms with Crippen molar-refractivity contribution in [2.45, 2.75) is 19.5 Å². The van der Waals surface area contributed by atoms with Gasteiger partial charge in [-0.2, -0.15) is 0 Å². The van der Waals surface area contributed by atoms with Crippen molar-refractivity contribution in [3.8, 4) is 0 Å². The third kappa shape index (κ3) is 4.76. The van der Waals surface area contributed by atoms with Crippen molar-refractivity contribution in [3.05, 3.63) is 35.6 Å². The topological polar surface area (TPSA) is 49.3 Å². The first-order valence-corrected chi connectivity index (χ1v) is 4.30. The molecule has 5 heteroatoms. The van der Waals surface area contributed by atoms with Crippen molar-refractivity contribution in [2.75, 3.05) is 0 Å². The molecule has 1 atom stereocenters. The maximum atomic E-state index is 12.7. The number of benzene rings is 1.